The summed E-state index contributed by atoms with van der Waals surface area (Å²) in [5.41, 5.74) is -0.151. The summed E-state index contributed by atoms with van der Waals surface area (Å²) >= 11 is 3.23. The number of hydrogen-bond donors (Lipinski definition) is 1. The molecule has 0 saturated carbocycles. The highest BCUT2D eigenvalue weighted by molar-refractivity contribution is 9.10. The molecule has 2 rings (SSSR count). The van der Waals surface area contributed by atoms with Crippen LogP contribution >= 0.6 is 15.9 Å². The van der Waals surface area contributed by atoms with Gasteiger partial charge in [-0.05, 0) is 67.7 Å². The number of halogens is 2. The first-order valence-corrected chi connectivity index (χ1v) is 8.69. The number of carbonyl (C=O) groups is 2. The third-order valence-electron chi connectivity index (χ3n) is 3.59. The Labute approximate surface area is 149 Å². The van der Waals surface area contributed by atoms with Crippen molar-refractivity contribution in [2.75, 3.05) is 13.1 Å². The minimum atomic E-state index is -0.562. The van der Waals surface area contributed by atoms with E-state index >= 15 is 0 Å². The van der Waals surface area contributed by atoms with Crippen molar-refractivity contribution >= 4 is 27.9 Å². The van der Waals surface area contributed by atoms with E-state index in [1.807, 2.05) is 0 Å². The van der Waals surface area contributed by atoms with Gasteiger partial charge >= 0.3 is 6.09 Å². The normalized spacial score (nSPS) is 18.2. The highest BCUT2D eigenvalue weighted by Gasteiger charge is 2.28. The highest BCUT2D eigenvalue weighted by atomic mass is 79.9. The molecule has 2 amide bonds. The Hall–Kier alpha value is -1.63. The number of benzene rings is 1. The third kappa shape index (κ3) is 5.19. The molecule has 1 aliphatic heterocycles. The third-order valence-corrected chi connectivity index (χ3v) is 4.25. The summed E-state index contributed by atoms with van der Waals surface area (Å²) in [5.74, 6) is -0.584. The summed E-state index contributed by atoms with van der Waals surface area (Å²) in [6.07, 6.45) is 1.09. The molecule has 0 bridgehead atoms. The fourth-order valence-corrected chi connectivity index (χ4v) is 3.11. The van der Waals surface area contributed by atoms with E-state index in [0.29, 0.717) is 23.1 Å². The number of likely N-dealkylation sites (tertiary alicyclic amines) is 1. The van der Waals surface area contributed by atoms with Crippen LogP contribution in [0.2, 0.25) is 0 Å². The minimum Gasteiger partial charge on any atom is -0.444 e. The van der Waals surface area contributed by atoms with Crippen molar-refractivity contribution in [3.8, 4) is 0 Å². The summed E-state index contributed by atoms with van der Waals surface area (Å²) in [6.45, 7) is 6.41. The molecule has 24 heavy (non-hydrogen) atoms. The van der Waals surface area contributed by atoms with Crippen LogP contribution in [-0.2, 0) is 4.74 Å². The number of nitrogens with zero attached hydrogens (tertiary/aromatic N) is 1. The van der Waals surface area contributed by atoms with Crippen LogP contribution in [-0.4, -0.2) is 41.6 Å². The van der Waals surface area contributed by atoms with Crippen LogP contribution in [0.5, 0.6) is 0 Å². The van der Waals surface area contributed by atoms with Crippen LogP contribution in [0.25, 0.3) is 0 Å². The lowest BCUT2D eigenvalue weighted by atomic mass is 10.0. The summed E-state index contributed by atoms with van der Waals surface area (Å²) in [6, 6.07) is 3.84. The predicted octanol–water partition coefficient (Wildman–Crippen LogP) is 3.72. The molecule has 7 heteroatoms. The second kappa shape index (κ2) is 7.51. The number of amides is 2. The van der Waals surface area contributed by atoms with Crippen molar-refractivity contribution in [3.05, 3.63) is 34.1 Å². The van der Waals surface area contributed by atoms with E-state index < -0.39 is 17.5 Å². The Morgan fingerprint density at radius 3 is 2.71 bits per heavy atom. The molecule has 1 N–H and O–H groups in total. The first-order chi connectivity index (χ1) is 11.2. The van der Waals surface area contributed by atoms with Gasteiger partial charge in [0, 0.05) is 23.6 Å². The Bertz CT molecular complexity index is 631. The quantitative estimate of drug-likeness (QED) is 0.822. The molecule has 132 valence electrons. The number of piperidine rings is 1. The lowest BCUT2D eigenvalue weighted by Gasteiger charge is -2.33. The zero-order valence-electron chi connectivity index (χ0n) is 14.1. The Kier molecular flexibility index (Phi) is 5.85. The Morgan fingerprint density at radius 2 is 2.08 bits per heavy atom. The minimum absolute atomic E-state index is 0.156. The molecule has 1 aromatic rings. The van der Waals surface area contributed by atoms with Crippen LogP contribution in [0.15, 0.2) is 22.7 Å². The maximum atomic E-state index is 13.2. The average molecular weight is 401 g/mol. The number of alkyl carbamates (subject to hydrolysis) is 1. The van der Waals surface area contributed by atoms with E-state index in [0.717, 1.165) is 12.8 Å². The SMILES string of the molecule is CC(C)(C)OC(=O)N[C@H]1CCCN(C(=O)c2ccc(F)cc2Br)C1. The molecule has 0 aromatic heterocycles. The monoisotopic (exact) mass is 400 g/mol. The first kappa shape index (κ1) is 18.7. The standard InChI is InChI=1S/C17H22BrFN2O3/c1-17(2,3)24-16(23)20-12-5-4-8-21(10-12)15(22)13-7-6-11(19)9-14(13)18/h6-7,9,12H,4-5,8,10H2,1-3H3,(H,20,23)/t12-/m0/s1. The first-order valence-electron chi connectivity index (χ1n) is 7.89. The second-order valence-corrected chi connectivity index (χ2v) is 7.72. The fourth-order valence-electron chi connectivity index (χ4n) is 2.59. The number of rotatable bonds is 2. The predicted molar refractivity (Wildman–Crippen MR) is 92.4 cm³/mol. The van der Waals surface area contributed by atoms with Gasteiger partial charge in [-0.1, -0.05) is 0 Å². The number of carbonyl (C=O) groups excluding carboxylic acids is 2. The van der Waals surface area contributed by atoms with Gasteiger partial charge < -0.3 is 15.0 Å². The molecule has 1 heterocycles. The van der Waals surface area contributed by atoms with Gasteiger partial charge in [-0.15, -0.1) is 0 Å². The molecule has 0 unspecified atom stereocenters. The molecule has 1 aliphatic rings. The number of nitrogens with one attached hydrogen (secondary N) is 1. The number of ether oxygens (including phenoxy) is 1. The van der Waals surface area contributed by atoms with Gasteiger partial charge in [0.2, 0.25) is 0 Å². The van der Waals surface area contributed by atoms with Gasteiger partial charge in [0.15, 0.2) is 0 Å². The summed E-state index contributed by atoms with van der Waals surface area (Å²) in [7, 11) is 0. The molecule has 1 aromatic carbocycles. The topological polar surface area (TPSA) is 58.6 Å². The van der Waals surface area contributed by atoms with Gasteiger partial charge in [0.1, 0.15) is 11.4 Å². The van der Waals surface area contributed by atoms with E-state index in [4.69, 9.17) is 4.74 Å². The highest BCUT2D eigenvalue weighted by Crippen LogP contribution is 2.22. The molecule has 5 nitrogen and oxygen atoms in total. The zero-order valence-corrected chi connectivity index (χ0v) is 15.7. The molecule has 1 saturated heterocycles. The molecular weight excluding hydrogens is 379 g/mol. The fraction of sp³-hybridized carbons (Fsp3) is 0.529. The maximum Gasteiger partial charge on any atom is 0.407 e. The number of hydrogen-bond acceptors (Lipinski definition) is 3. The van der Waals surface area contributed by atoms with Crippen molar-refractivity contribution in [1.82, 2.24) is 10.2 Å². The van der Waals surface area contributed by atoms with Gasteiger partial charge in [-0.2, -0.15) is 0 Å². The molecular formula is C17H22BrFN2O3. The molecule has 0 radical (unpaired) electrons. The molecule has 0 spiro atoms. The molecule has 1 atom stereocenters. The van der Waals surface area contributed by atoms with E-state index in [1.165, 1.54) is 18.2 Å². The smallest absolute Gasteiger partial charge is 0.407 e. The second-order valence-electron chi connectivity index (χ2n) is 6.86. The van der Waals surface area contributed by atoms with Gasteiger partial charge in [0.25, 0.3) is 5.91 Å². The van der Waals surface area contributed by atoms with Crippen LogP contribution in [0.3, 0.4) is 0 Å². The average Bonchev–Trinajstić information content (AvgIpc) is 2.44. The van der Waals surface area contributed by atoms with Crippen molar-refractivity contribution in [2.24, 2.45) is 0 Å². The van der Waals surface area contributed by atoms with E-state index in [-0.39, 0.29) is 11.9 Å². The summed E-state index contributed by atoms with van der Waals surface area (Å²) in [4.78, 5) is 26.2. The maximum absolute atomic E-state index is 13.2. The molecule has 1 fully saturated rings. The van der Waals surface area contributed by atoms with Crippen LogP contribution in [0, 0.1) is 5.82 Å². The Balaban J connectivity index is 1.99. The van der Waals surface area contributed by atoms with Gasteiger partial charge in [-0.3, -0.25) is 4.79 Å². The van der Waals surface area contributed by atoms with E-state index in [2.05, 4.69) is 21.2 Å². The van der Waals surface area contributed by atoms with Gasteiger partial charge in [0.05, 0.1) is 5.56 Å². The Morgan fingerprint density at radius 1 is 1.38 bits per heavy atom. The van der Waals surface area contributed by atoms with Crippen LogP contribution in [0.1, 0.15) is 44.0 Å². The van der Waals surface area contributed by atoms with Crippen molar-refractivity contribution in [2.45, 2.75) is 45.3 Å². The zero-order chi connectivity index (χ0) is 17.9. The summed E-state index contributed by atoms with van der Waals surface area (Å²) < 4.78 is 18.9. The lowest BCUT2D eigenvalue weighted by molar-refractivity contribution is 0.0452. The largest absolute Gasteiger partial charge is 0.444 e. The van der Waals surface area contributed by atoms with E-state index in [1.54, 1.807) is 25.7 Å². The molecule has 0 aliphatic carbocycles. The van der Waals surface area contributed by atoms with E-state index in [9.17, 15) is 14.0 Å². The van der Waals surface area contributed by atoms with Crippen molar-refractivity contribution < 1.29 is 18.7 Å². The summed E-state index contributed by atoms with van der Waals surface area (Å²) in [5, 5.41) is 2.81. The van der Waals surface area contributed by atoms with Crippen molar-refractivity contribution in [3.63, 3.8) is 0 Å². The lowest BCUT2D eigenvalue weighted by Crippen LogP contribution is -2.50. The van der Waals surface area contributed by atoms with Gasteiger partial charge in [-0.25, -0.2) is 9.18 Å². The van der Waals surface area contributed by atoms with Crippen LogP contribution in [0.4, 0.5) is 9.18 Å². The van der Waals surface area contributed by atoms with Crippen molar-refractivity contribution in [1.29, 1.82) is 0 Å². The van der Waals surface area contributed by atoms with Crippen LogP contribution < -0.4 is 5.32 Å².